The Balaban J connectivity index is 1.43. The number of aryl methyl sites for hydroxylation is 1. The Morgan fingerprint density at radius 2 is 1.93 bits per heavy atom. The smallest absolute Gasteiger partial charge is 0.164 e. The van der Waals surface area contributed by atoms with Crippen LogP contribution in [0.25, 0.3) is 10.7 Å². The molecule has 2 aromatic heterocycles. The van der Waals surface area contributed by atoms with Crippen LogP contribution in [0.2, 0.25) is 5.02 Å². The summed E-state index contributed by atoms with van der Waals surface area (Å²) in [5.41, 5.74) is 1.70. The second kappa shape index (κ2) is 8.11. The third-order valence-electron chi connectivity index (χ3n) is 5.30. The summed E-state index contributed by atoms with van der Waals surface area (Å²) in [5.74, 6) is 1.64. The molecule has 1 saturated heterocycles. The zero-order valence-electron chi connectivity index (χ0n) is 15.9. The van der Waals surface area contributed by atoms with Crippen molar-refractivity contribution in [2.75, 3.05) is 25.1 Å². The average molecular weight is 416 g/mol. The summed E-state index contributed by atoms with van der Waals surface area (Å²) in [5, 5.41) is 10.4. The maximum Gasteiger partial charge on any atom is 0.164 e. The van der Waals surface area contributed by atoms with Crippen molar-refractivity contribution < 1.29 is 4.74 Å². The first-order chi connectivity index (χ1) is 13.6. The Kier molecular flexibility index (Phi) is 5.57. The molecule has 1 aliphatic rings. The van der Waals surface area contributed by atoms with Gasteiger partial charge in [-0.3, -0.25) is 0 Å². The molecule has 1 aliphatic heterocycles. The molecule has 3 aromatic rings. The number of ether oxygens (including phenoxy) is 1. The van der Waals surface area contributed by atoms with E-state index in [1.807, 2.05) is 37.3 Å². The number of hydrogen-bond donors (Lipinski definition) is 0. The van der Waals surface area contributed by atoms with Gasteiger partial charge < -0.3 is 9.64 Å². The van der Waals surface area contributed by atoms with E-state index in [1.165, 1.54) is 11.5 Å². The highest BCUT2D eigenvalue weighted by molar-refractivity contribution is 7.09. The Morgan fingerprint density at radius 3 is 2.54 bits per heavy atom. The van der Waals surface area contributed by atoms with Gasteiger partial charge in [-0.05, 0) is 55.1 Å². The molecule has 0 atom stereocenters. The van der Waals surface area contributed by atoms with Crippen LogP contribution in [0.15, 0.2) is 36.4 Å². The lowest BCUT2D eigenvalue weighted by Crippen LogP contribution is -2.47. The summed E-state index contributed by atoms with van der Waals surface area (Å²) in [6, 6.07) is 12.0. The fraction of sp³-hybridized carbons (Fsp3) is 0.400. The molecule has 146 valence electrons. The molecule has 0 radical (unpaired) electrons. The molecule has 28 heavy (non-hydrogen) atoms. The third-order valence-corrected chi connectivity index (χ3v) is 6.50. The van der Waals surface area contributed by atoms with E-state index in [0.717, 1.165) is 65.3 Å². The average Bonchev–Trinajstić information content (AvgIpc) is 3.17. The number of nitrogens with zero attached hydrogens (tertiary/aromatic N) is 5. The second-order valence-electron chi connectivity index (χ2n) is 7.07. The van der Waals surface area contributed by atoms with E-state index >= 15 is 0 Å². The van der Waals surface area contributed by atoms with Crippen LogP contribution in [0.3, 0.4) is 0 Å². The summed E-state index contributed by atoms with van der Waals surface area (Å²) < 4.78 is 10.2. The van der Waals surface area contributed by atoms with Crippen molar-refractivity contribution in [2.24, 2.45) is 0 Å². The molecule has 1 fully saturated rings. The number of halogens is 1. The Morgan fingerprint density at radius 1 is 1.14 bits per heavy atom. The molecular weight excluding hydrogens is 394 g/mol. The molecule has 0 saturated carbocycles. The van der Waals surface area contributed by atoms with Gasteiger partial charge in [0.2, 0.25) is 0 Å². The van der Waals surface area contributed by atoms with Crippen LogP contribution in [-0.4, -0.2) is 45.4 Å². The Hall–Kier alpha value is -2.09. The maximum atomic E-state index is 6.36. The zero-order valence-corrected chi connectivity index (χ0v) is 17.5. The number of aromatic nitrogens is 4. The van der Waals surface area contributed by atoms with Gasteiger partial charge >= 0.3 is 0 Å². The molecule has 0 N–H and O–H groups in total. The molecule has 1 aromatic carbocycles. The highest BCUT2D eigenvalue weighted by Crippen LogP contribution is 2.33. The molecule has 0 aliphatic carbocycles. The molecular formula is C20H22ClN5OS. The predicted octanol–water partition coefficient (Wildman–Crippen LogP) is 4.19. The van der Waals surface area contributed by atoms with Crippen LogP contribution in [0.1, 0.15) is 24.2 Å². The standard InChI is InChI=1S/C20H22ClN5OS/c1-14-22-19(28-25-14)17-7-8-18(24-23-17)26-11-9-20(27-2,10-12-26)13-15-5-3-4-6-16(15)21/h3-8H,9-13H2,1-2H3. The van der Waals surface area contributed by atoms with Crippen LogP contribution in [0, 0.1) is 6.92 Å². The van der Waals surface area contributed by atoms with Crippen molar-refractivity contribution in [3.05, 3.63) is 52.8 Å². The predicted molar refractivity (Wildman–Crippen MR) is 112 cm³/mol. The Labute approximate surface area is 173 Å². The van der Waals surface area contributed by atoms with E-state index < -0.39 is 0 Å². The minimum Gasteiger partial charge on any atom is -0.378 e. The first kappa shape index (κ1) is 19.2. The first-order valence-corrected chi connectivity index (χ1v) is 10.4. The van der Waals surface area contributed by atoms with Crippen molar-refractivity contribution in [3.63, 3.8) is 0 Å². The summed E-state index contributed by atoms with van der Waals surface area (Å²) in [6.45, 7) is 3.61. The second-order valence-corrected chi connectivity index (χ2v) is 8.22. The molecule has 0 spiro atoms. The minimum atomic E-state index is -0.195. The summed E-state index contributed by atoms with van der Waals surface area (Å²) in [7, 11) is 1.80. The number of piperidine rings is 1. The van der Waals surface area contributed by atoms with Gasteiger partial charge in [0.25, 0.3) is 0 Å². The zero-order chi connectivity index (χ0) is 19.6. The number of methoxy groups -OCH3 is 1. The number of benzene rings is 1. The largest absolute Gasteiger partial charge is 0.378 e. The van der Waals surface area contributed by atoms with Crippen LogP contribution in [-0.2, 0) is 11.2 Å². The van der Waals surface area contributed by atoms with Gasteiger partial charge in [0.15, 0.2) is 10.8 Å². The van der Waals surface area contributed by atoms with E-state index in [9.17, 15) is 0 Å². The molecule has 3 heterocycles. The fourth-order valence-electron chi connectivity index (χ4n) is 3.59. The van der Waals surface area contributed by atoms with E-state index in [1.54, 1.807) is 7.11 Å². The van der Waals surface area contributed by atoms with E-state index in [0.29, 0.717) is 0 Å². The molecule has 0 bridgehead atoms. The maximum absolute atomic E-state index is 6.36. The molecule has 0 unspecified atom stereocenters. The molecule has 0 amide bonds. The normalized spacial score (nSPS) is 16.3. The van der Waals surface area contributed by atoms with E-state index in [2.05, 4.69) is 30.5 Å². The van der Waals surface area contributed by atoms with Gasteiger partial charge in [-0.2, -0.15) is 4.37 Å². The summed E-state index contributed by atoms with van der Waals surface area (Å²) >= 11 is 7.71. The van der Waals surface area contributed by atoms with E-state index in [-0.39, 0.29) is 5.60 Å². The monoisotopic (exact) mass is 415 g/mol. The fourth-order valence-corrected chi connectivity index (χ4v) is 4.43. The van der Waals surface area contributed by atoms with Crippen molar-refractivity contribution in [3.8, 4) is 10.7 Å². The molecule has 4 rings (SSSR count). The Bertz CT molecular complexity index is 938. The van der Waals surface area contributed by atoms with Gasteiger partial charge in [-0.15, -0.1) is 10.2 Å². The molecule has 8 heteroatoms. The van der Waals surface area contributed by atoms with Crippen LogP contribution < -0.4 is 4.90 Å². The van der Waals surface area contributed by atoms with E-state index in [4.69, 9.17) is 16.3 Å². The van der Waals surface area contributed by atoms with Crippen molar-refractivity contribution in [1.82, 2.24) is 19.6 Å². The van der Waals surface area contributed by atoms with Gasteiger partial charge in [-0.1, -0.05) is 29.8 Å². The van der Waals surface area contributed by atoms with Crippen LogP contribution in [0.4, 0.5) is 5.82 Å². The third kappa shape index (κ3) is 4.01. The SMILES string of the molecule is COC1(Cc2ccccc2Cl)CCN(c2ccc(-c3nc(C)ns3)nn2)CC1. The lowest BCUT2D eigenvalue weighted by atomic mass is 9.85. The van der Waals surface area contributed by atoms with Gasteiger partial charge in [0, 0.05) is 31.6 Å². The highest BCUT2D eigenvalue weighted by Gasteiger charge is 2.35. The summed E-state index contributed by atoms with van der Waals surface area (Å²) in [4.78, 5) is 6.62. The van der Waals surface area contributed by atoms with Gasteiger partial charge in [0.1, 0.15) is 11.5 Å². The first-order valence-electron chi connectivity index (χ1n) is 9.26. The summed E-state index contributed by atoms with van der Waals surface area (Å²) in [6.07, 6.45) is 2.64. The van der Waals surface area contributed by atoms with Gasteiger partial charge in [0.05, 0.1) is 5.60 Å². The number of anilines is 1. The van der Waals surface area contributed by atoms with Gasteiger partial charge in [-0.25, -0.2) is 4.98 Å². The lowest BCUT2D eigenvalue weighted by molar-refractivity contribution is -0.0290. The minimum absolute atomic E-state index is 0.195. The highest BCUT2D eigenvalue weighted by atomic mass is 35.5. The number of hydrogen-bond acceptors (Lipinski definition) is 7. The molecule has 6 nitrogen and oxygen atoms in total. The quantitative estimate of drug-likeness (QED) is 0.622. The van der Waals surface area contributed by atoms with Crippen LogP contribution >= 0.6 is 23.1 Å². The van der Waals surface area contributed by atoms with Crippen molar-refractivity contribution in [1.29, 1.82) is 0 Å². The van der Waals surface area contributed by atoms with Crippen molar-refractivity contribution >= 4 is 29.0 Å². The van der Waals surface area contributed by atoms with Crippen LogP contribution in [0.5, 0.6) is 0 Å². The number of rotatable bonds is 5. The lowest BCUT2D eigenvalue weighted by Gasteiger charge is -2.41. The topological polar surface area (TPSA) is 64.0 Å². The van der Waals surface area contributed by atoms with Crippen molar-refractivity contribution in [2.45, 2.75) is 31.8 Å².